The molecule has 0 aliphatic heterocycles. The van der Waals surface area contributed by atoms with Crippen molar-refractivity contribution in [3.63, 3.8) is 0 Å². The van der Waals surface area contributed by atoms with Gasteiger partial charge in [0.25, 0.3) is 10.0 Å². The number of anilines is 1. The molecule has 0 fully saturated rings. The second kappa shape index (κ2) is 14.3. The van der Waals surface area contributed by atoms with Crippen molar-refractivity contribution in [2.75, 3.05) is 10.8 Å². The molecule has 44 heavy (non-hydrogen) atoms. The van der Waals surface area contributed by atoms with Gasteiger partial charge in [0, 0.05) is 19.0 Å². The SMILES string of the molecule is Cc1cc(C)cc(N(CC(=O)N(Cc2ccc(F)cc2)C(Cc2ccccc2)C(=O)NC(C)C)S(=O)(=O)c2ccccc2)c1. The molecular weight excluding hydrogens is 577 g/mol. The molecule has 0 saturated carbocycles. The van der Waals surface area contributed by atoms with Gasteiger partial charge < -0.3 is 10.2 Å². The van der Waals surface area contributed by atoms with Gasteiger partial charge in [0.1, 0.15) is 18.4 Å². The largest absolute Gasteiger partial charge is 0.352 e. The molecule has 4 rings (SSSR count). The van der Waals surface area contributed by atoms with Crippen LogP contribution in [0.1, 0.15) is 36.1 Å². The van der Waals surface area contributed by atoms with E-state index in [9.17, 15) is 22.4 Å². The van der Waals surface area contributed by atoms with E-state index in [2.05, 4.69) is 5.32 Å². The fourth-order valence-corrected chi connectivity index (χ4v) is 6.48. The molecule has 0 aliphatic rings. The van der Waals surface area contributed by atoms with E-state index in [1.165, 1.54) is 29.2 Å². The van der Waals surface area contributed by atoms with E-state index in [1.807, 2.05) is 64.1 Å². The third-order valence-electron chi connectivity index (χ3n) is 7.07. The molecule has 0 heterocycles. The van der Waals surface area contributed by atoms with E-state index in [4.69, 9.17) is 0 Å². The van der Waals surface area contributed by atoms with Gasteiger partial charge in [-0.1, -0.05) is 66.7 Å². The second-order valence-electron chi connectivity index (χ2n) is 11.2. The molecule has 1 unspecified atom stereocenters. The van der Waals surface area contributed by atoms with Gasteiger partial charge in [-0.25, -0.2) is 12.8 Å². The van der Waals surface area contributed by atoms with Crippen LogP contribution in [-0.4, -0.2) is 43.8 Å². The Balaban J connectivity index is 1.82. The molecule has 230 valence electrons. The van der Waals surface area contributed by atoms with Gasteiger partial charge in [0.05, 0.1) is 10.6 Å². The number of carbonyl (C=O) groups is 2. The Morgan fingerprint density at radius 3 is 1.93 bits per heavy atom. The van der Waals surface area contributed by atoms with Gasteiger partial charge in [0.2, 0.25) is 11.8 Å². The van der Waals surface area contributed by atoms with E-state index in [-0.39, 0.29) is 29.8 Å². The Bertz CT molecular complexity index is 1660. The van der Waals surface area contributed by atoms with Gasteiger partial charge in [-0.05, 0) is 86.3 Å². The summed E-state index contributed by atoms with van der Waals surface area (Å²) < 4.78 is 43.1. The zero-order valence-corrected chi connectivity index (χ0v) is 26.2. The summed E-state index contributed by atoms with van der Waals surface area (Å²) in [6.45, 7) is 6.79. The third-order valence-corrected chi connectivity index (χ3v) is 8.86. The van der Waals surface area contributed by atoms with Crippen LogP contribution >= 0.6 is 0 Å². The average Bonchev–Trinajstić information content (AvgIpc) is 2.98. The first-order valence-electron chi connectivity index (χ1n) is 14.5. The molecule has 7 nitrogen and oxygen atoms in total. The van der Waals surface area contributed by atoms with Crippen molar-refractivity contribution in [1.29, 1.82) is 0 Å². The fraction of sp³-hybridized carbons (Fsp3) is 0.257. The van der Waals surface area contributed by atoms with Gasteiger partial charge in [-0.3, -0.25) is 13.9 Å². The van der Waals surface area contributed by atoms with Crippen molar-refractivity contribution < 1.29 is 22.4 Å². The molecule has 1 N–H and O–H groups in total. The summed E-state index contributed by atoms with van der Waals surface area (Å²) >= 11 is 0. The minimum absolute atomic E-state index is 0.0335. The maximum Gasteiger partial charge on any atom is 0.264 e. The van der Waals surface area contributed by atoms with Crippen LogP contribution in [0.5, 0.6) is 0 Å². The summed E-state index contributed by atoms with van der Waals surface area (Å²) in [5, 5.41) is 2.92. The summed E-state index contributed by atoms with van der Waals surface area (Å²) in [5.41, 5.74) is 3.44. The molecular formula is C35H38FN3O4S. The fourth-order valence-electron chi connectivity index (χ4n) is 5.06. The second-order valence-corrected chi connectivity index (χ2v) is 13.0. The van der Waals surface area contributed by atoms with Crippen LogP contribution in [0.15, 0.2) is 108 Å². The number of hydrogen-bond acceptors (Lipinski definition) is 4. The Labute approximate surface area is 259 Å². The summed E-state index contributed by atoms with van der Waals surface area (Å²) in [7, 11) is -4.18. The number of benzene rings is 4. The minimum atomic E-state index is -4.18. The van der Waals surface area contributed by atoms with Crippen molar-refractivity contribution in [2.24, 2.45) is 0 Å². The highest BCUT2D eigenvalue weighted by molar-refractivity contribution is 7.92. The maximum atomic E-state index is 14.4. The van der Waals surface area contributed by atoms with Crippen molar-refractivity contribution >= 4 is 27.5 Å². The van der Waals surface area contributed by atoms with E-state index in [0.717, 1.165) is 21.0 Å². The van der Waals surface area contributed by atoms with E-state index >= 15 is 0 Å². The van der Waals surface area contributed by atoms with E-state index in [1.54, 1.807) is 42.5 Å². The quantitative estimate of drug-likeness (QED) is 0.218. The lowest BCUT2D eigenvalue weighted by molar-refractivity contribution is -0.140. The molecule has 1 atom stereocenters. The lowest BCUT2D eigenvalue weighted by Crippen LogP contribution is -2.54. The number of nitrogens with zero attached hydrogens (tertiary/aromatic N) is 2. The van der Waals surface area contributed by atoms with Crippen molar-refractivity contribution in [1.82, 2.24) is 10.2 Å². The summed E-state index contributed by atoms with van der Waals surface area (Å²) in [6, 6.07) is 27.1. The molecule has 0 aliphatic carbocycles. The van der Waals surface area contributed by atoms with E-state index < -0.39 is 34.3 Å². The lowest BCUT2D eigenvalue weighted by atomic mass is 10.0. The van der Waals surface area contributed by atoms with Crippen LogP contribution in [0.3, 0.4) is 0 Å². The molecule has 0 radical (unpaired) electrons. The highest BCUT2D eigenvalue weighted by Crippen LogP contribution is 2.27. The molecule has 4 aromatic rings. The number of hydrogen-bond donors (Lipinski definition) is 1. The zero-order valence-electron chi connectivity index (χ0n) is 25.4. The molecule has 0 spiro atoms. The summed E-state index contributed by atoms with van der Waals surface area (Å²) in [5.74, 6) is -1.38. The molecule has 0 aromatic heterocycles. The predicted molar refractivity (Wildman–Crippen MR) is 171 cm³/mol. The normalized spacial score (nSPS) is 12.0. The number of aryl methyl sites for hydroxylation is 2. The standard InChI is InChI=1S/C35H38FN3O4S/c1-25(2)37-35(41)33(22-28-11-7-5-8-12-28)38(23-29-15-17-30(36)18-16-29)34(40)24-39(31-20-26(3)19-27(4)21-31)44(42,43)32-13-9-6-10-14-32/h5-21,25,33H,22-24H2,1-4H3,(H,37,41). The van der Waals surface area contributed by atoms with Crippen LogP contribution in [-0.2, 0) is 32.6 Å². The van der Waals surface area contributed by atoms with Crippen molar-refractivity contribution in [3.8, 4) is 0 Å². The highest BCUT2D eigenvalue weighted by Gasteiger charge is 2.35. The maximum absolute atomic E-state index is 14.4. The highest BCUT2D eigenvalue weighted by atomic mass is 32.2. The molecule has 9 heteroatoms. The molecule has 0 saturated heterocycles. The Morgan fingerprint density at radius 1 is 0.795 bits per heavy atom. The third kappa shape index (κ3) is 8.32. The first-order chi connectivity index (χ1) is 20.9. The summed E-state index contributed by atoms with van der Waals surface area (Å²) in [4.78, 5) is 29.6. The number of halogens is 1. The first kappa shape index (κ1) is 32.4. The molecule has 0 bridgehead atoms. The number of carbonyl (C=O) groups excluding carboxylic acids is 2. The lowest BCUT2D eigenvalue weighted by Gasteiger charge is -2.34. The van der Waals surface area contributed by atoms with Gasteiger partial charge in [0.15, 0.2) is 0 Å². The van der Waals surface area contributed by atoms with Crippen molar-refractivity contribution in [3.05, 3.63) is 131 Å². The van der Waals surface area contributed by atoms with Crippen LogP contribution in [0.2, 0.25) is 0 Å². The number of sulfonamides is 1. The van der Waals surface area contributed by atoms with Gasteiger partial charge in [-0.2, -0.15) is 0 Å². The molecule has 2 amide bonds. The van der Waals surface area contributed by atoms with Crippen LogP contribution < -0.4 is 9.62 Å². The van der Waals surface area contributed by atoms with Crippen molar-refractivity contribution in [2.45, 2.75) is 57.6 Å². The minimum Gasteiger partial charge on any atom is -0.352 e. The Hall–Kier alpha value is -4.50. The summed E-state index contributed by atoms with van der Waals surface area (Å²) in [6.07, 6.45) is 0.196. The Morgan fingerprint density at radius 2 is 1.36 bits per heavy atom. The van der Waals surface area contributed by atoms with E-state index in [0.29, 0.717) is 11.3 Å². The average molecular weight is 616 g/mol. The predicted octanol–water partition coefficient (Wildman–Crippen LogP) is 5.80. The number of amides is 2. The van der Waals surface area contributed by atoms with Gasteiger partial charge >= 0.3 is 0 Å². The number of rotatable bonds is 12. The van der Waals surface area contributed by atoms with Crippen LogP contribution in [0.4, 0.5) is 10.1 Å². The monoisotopic (exact) mass is 615 g/mol. The van der Waals surface area contributed by atoms with Crippen LogP contribution in [0.25, 0.3) is 0 Å². The zero-order chi connectivity index (χ0) is 31.9. The smallest absolute Gasteiger partial charge is 0.264 e. The Kier molecular flexibility index (Phi) is 10.5. The first-order valence-corrected chi connectivity index (χ1v) is 15.9. The molecule has 4 aromatic carbocycles. The topological polar surface area (TPSA) is 86.8 Å². The number of nitrogens with one attached hydrogen (secondary N) is 1. The van der Waals surface area contributed by atoms with Gasteiger partial charge in [-0.15, -0.1) is 0 Å². The van der Waals surface area contributed by atoms with Crippen LogP contribution in [0, 0.1) is 19.7 Å².